The summed E-state index contributed by atoms with van der Waals surface area (Å²) in [6, 6.07) is 1.84. The van der Waals surface area contributed by atoms with Gasteiger partial charge in [0.1, 0.15) is 5.54 Å². The maximum absolute atomic E-state index is 11.0. The van der Waals surface area contributed by atoms with E-state index in [1.165, 1.54) is 13.8 Å². The number of halogens is 3. The standard InChI is InChI=1S/C6H7Cl3N2O/c1-5(2,3-10)11-4(12)6(7,8)9/h1-2H3,(H,11,12). The first kappa shape index (κ1) is 11.8. The molecule has 12 heavy (non-hydrogen) atoms. The Labute approximate surface area is 85.6 Å². The Bertz CT molecular complexity index is 226. The minimum atomic E-state index is -2.02. The molecule has 1 N–H and O–H groups in total. The van der Waals surface area contributed by atoms with Gasteiger partial charge in [-0.25, -0.2) is 0 Å². The third kappa shape index (κ3) is 4.01. The lowest BCUT2D eigenvalue weighted by Crippen LogP contribution is -2.47. The lowest BCUT2D eigenvalue weighted by molar-refractivity contribution is -0.121. The van der Waals surface area contributed by atoms with Crippen LogP contribution in [0.2, 0.25) is 0 Å². The van der Waals surface area contributed by atoms with Crippen molar-refractivity contribution in [2.75, 3.05) is 0 Å². The van der Waals surface area contributed by atoms with Crippen LogP contribution in [0.4, 0.5) is 0 Å². The average Bonchev–Trinajstić information content (AvgIpc) is 1.85. The van der Waals surface area contributed by atoms with Crippen LogP contribution in [0, 0.1) is 11.3 Å². The molecular formula is C6H7Cl3N2O. The van der Waals surface area contributed by atoms with E-state index < -0.39 is 15.2 Å². The summed E-state index contributed by atoms with van der Waals surface area (Å²) >= 11 is 15.8. The molecule has 0 aliphatic heterocycles. The quantitative estimate of drug-likeness (QED) is 0.697. The largest absolute Gasteiger partial charge is 0.335 e. The van der Waals surface area contributed by atoms with Crippen molar-refractivity contribution in [3.63, 3.8) is 0 Å². The van der Waals surface area contributed by atoms with Gasteiger partial charge in [0.2, 0.25) is 0 Å². The van der Waals surface area contributed by atoms with Gasteiger partial charge in [-0.2, -0.15) is 5.26 Å². The molecule has 0 rings (SSSR count). The Hall–Kier alpha value is -0.170. The predicted octanol–water partition coefficient (Wildman–Crippen LogP) is 1.77. The van der Waals surface area contributed by atoms with Crippen molar-refractivity contribution < 1.29 is 4.79 Å². The molecule has 0 aliphatic rings. The number of alkyl halides is 3. The van der Waals surface area contributed by atoms with Crippen LogP contribution in [-0.2, 0) is 4.79 Å². The molecule has 0 aromatic carbocycles. The number of hydrogen-bond donors (Lipinski definition) is 1. The van der Waals surface area contributed by atoms with E-state index in [-0.39, 0.29) is 0 Å². The topological polar surface area (TPSA) is 52.9 Å². The first-order valence-electron chi connectivity index (χ1n) is 2.99. The van der Waals surface area contributed by atoms with Crippen LogP contribution in [-0.4, -0.2) is 15.2 Å². The minimum absolute atomic E-state index is 0.806. The van der Waals surface area contributed by atoms with E-state index in [1.807, 2.05) is 6.07 Å². The maximum Gasteiger partial charge on any atom is 0.273 e. The fraction of sp³-hybridized carbons (Fsp3) is 0.667. The molecule has 0 spiro atoms. The summed E-state index contributed by atoms with van der Waals surface area (Å²) in [4.78, 5) is 11.0. The van der Waals surface area contributed by atoms with Crippen molar-refractivity contribution in [2.24, 2.45) is 0 Å². The van der Waals surface area contributed by atoms with Crippen LogP contribution in [0.25, 0.3) is 0 Å². The third-order valence-electron chi connectivity index (χ3n) is 0.963. The average molecular weight is 229 g/mol. The van der Waals surface area contributed by atoms with Crippen LogP contribution in [0.3, 0.4) is 0 Å². The zero-order valence-corrected chi connectivity index (χ0v) is 8.76. The Morgan fingerprint density at radius 1 is 1.42 bits per heavy atom. The number of carbonyl (C=O) groups excluding carboxylic acids is 1. The number of nitrogens with one attached hydrogen (secondary N) is 1. The van der Waals surface area contributed by atoms with Crippen molar-refractivity contribution in [3.8, 4) is 6.07 Å². The van der Waals surface area contributed by atoms with Crippen LogP contribution >= 0.6 is 34.8 Å². The highest BCUT2D eigenvalue weighted by Gasteiger charge is 2.34. The molecular weight excluding hydrogens is 222 g/mol. The molecule has 0 fully saturated rings. The van der Waals surface area contributed by atoms with Gasteiger partial charge in [-0.1, -0.05) is 34.8 Å². The summed E-state index contributed by atoms with van der Waals surface area (Å²) < 4.78 is -2.02. The zero-order valence-electron chi connectivity index (χ0n) is 6.49. The van der Waals surface area contributed by atoms with Gasteiger partial charge in [0.15, 0.2) is 0 Å². The second kappa shape index (κ2) is 3.69. The van der Waals surface area contributed by atoms with Crippen molar-refractivity contribution in [1.29, 1.82) is 5.26 Å². The fourth-order valence-electron chi connectivity index (χ4n) is 0.383. The second-order valence-corrected chi connectivity index (χ2v) is 4.97. The summed E-state index contributed by atoms with van der Waals surface area (Å²) in [5.41, 5.74) is -1.03. The number of amides is 1. The predicted molar refractivity (Wildman–Crippen MR) is 48.1 cm³/mol. The van der Waals surface area contributed by atoms with Gasteiger partial charge in [0, 0.05) is 0 Å². The highest BCUT2D eigenvalue weighted by Crippen LogP contribution is 2.26. The monoisotopic (exact) mass is 228 g/mol. The number of nitrogens with zero attached hydrogens (tertiary/aromatic N) is 1. The molecule has 0 aromatic rings. The van der Waals surface area contributed by atoms with E-state index in [0.717, 1.165) is 0 Å². The molecule has 0 saturated heterocycles. The summed E-state index contributed by atoms with van der Waals surface area (Å²) in [6.07, 6.45) is 0. The maximum atomic E-state index is 11.0. The van der Waals surface area contributed by atoms with Gasteiger partial charge in [-0.15, -0.1) is 0 Å². The molecule has 0 radical (unpaired) electrons. The molecule has 0 bridgehead atoms. The highest BCUT2D eigenvalue weighted by atomic mass is 35.6. The summed E-state index contributed by atoms with van der Waals surface area (Å²) in [5.74, 6) is -0.806. The van der Waals surface area contributed by atoms with Gasteiger partial charge in [0.05, 0.1) is 6.07 Å². The first-order chi connectivity index (χ1) is 5.19. The molecule has 6 heteroatoms. The smallest absolute Gasteiger partial charge is 0.273 e. The normalized spacial score (nSPS) is 12.0. The van der Waals surface area contributed by atoms with E-state index in [4.69, 9.17) is 40.1 Å². The van der Waals surface area contributed by atoms with Crippen molar-refractivity contribution in [1.82, 2.24) is 5.32 Å². The van der Waals surface area contributed by atoms with Crippen LogP contribution in [0.5, 0.6) is 0 Å². The third-order valence-corrected chi connectivity index (χ3v) is 1.48. The van der Waals surface area contributed by atoms with E-state index in [1.54, 1.807) is 0 Å². The summed E-state index contributed by atoms with van der Waals surface area (Å²) in [5, 5.41) is 10.8. The zero-order chi connectivity index (χ0) is 9.99. The molecule has 0 unspecified atom stereocenters. The van der Waals surface area contributed by atoms with E-state index >= 15 is 0 Å². The number of rotatable bonds is 1. The van der Waals surface area contributed by atoms with Crippen molar-refractivity contribution in [3.05, 3.63) is 0 Å². The number of nitriles is 1. The van der Waals surface area contributed by atoms with Gasteiger partial charge in [-0.3, -0.25) is 4.79 Å². The SMILES string of the molecule is CC(C)(C#N)NC(=O)C(Cl)(Cl)Cl. The molecule has 3 nitrogen and oxygen atoms in total. The molecule has 68 valence electrons. The lowest BCUT2D eigenvalue weighted by Gasteiger charge is -2.20. The van der Waals surface area contributed by atoms with Gasteiger partial charge < -0.3 is 5.32 Å². The van der Waals surface area contributed by atoms with E-state index in [9.17, 15) is 4.79 Å². The summed E-state index contributed by atoms with van der Waals surface area (Å²) in [7, 11) is 0. The second-order valence-electron chi connectivity index (χ2n) is 2.69. The minimum Gasteiger partial charge on any atom is -0.335 e. The Balaban J connectivity index is 4.33. The van der Waals surface area contributed by atoms with Crippen molar-refractivity contribution >= 4 is 40.7 Å². The van der Waals surface area contributed by atoms with Crippen LogP contribution < -0.4 is 5.32 Å². The molecule has 0 heterocycles. The van der Waals surface area contributed by atoms with Gasteiger partial charge in [0.25, 0.3) is 9.70 Å². The molecule has 1 amide bonds. The highest BCUT2D eigenvalue weighted by molar-refractivity contribution is 6.76. The van der Waals surface area contributed by atoms with Gasteiger partial charge >= 0.3 is 0 Å². The Kier molecular flexibility index (Phi) is 3.64. The van der Waals surface area contributed by atoms with E-state index in [0.29, 0.717) is 0 Å². The Morgan fingerprint density at radius 2 is 1.83 bits per heavy atom. The molecule has 0 aliphatic carbocycles. The molecule has 0 atom stereocenters. The first-order valence-corrected chi connectivity index (χ1v) is 4.13. The lowest BCUT2D eigenvalue weighted by atomic mass is 10.1. The molecule has 0 aromatic heterocycles. The Morgan fingerprint density at radius 3 is 2.08 bits per heavy atom. The number of hydrogen-bond acceptors (Lipinski definition) is 2. The van der Waals surface area contributed by atoms with Crippen molar-refractivity contribution in [2.45, 2.75) is 23.2 Å². The van der Waals surface area contributed by atoms with Crippen LogP contribution in [0.15, 0.2) is 0 Å². The fourth-order valence-corrected chi connectivity index (χ4v) is 0.524. The van der Waals surface area contributed by atoms with E-state index in [2.05, 4.69) is 5.32 Å². The van der Waals surface area contributed by atoms with Crippen LogP contribution in [0.1, 0.15) is 13.8 Å². The molecule has 0 saturated carbocycles. The number of carbonyl (C=O) groups is 1. The summed E-state index contributed by atoms with van der Waals surface area (Å²) in [6.45, 7) is 3.00. The van der Waals surface area contributed by atoms with Gasteiger partial charge in [-0.05, 0) is 13.8 Å².